The van der Waals surface area contributed by atoms with E-state index >= 15 is 0 Å². The zero-order valence-corrected chi connectivity index (χ0v) is 12.7. The Morgan fingerprint density at radius 2 is 1.95 bits per heavy atom. The molecule has 3 rings (SSSR count). The second kappa shape index (κ2) is 6.00. The summed E-state index contributed by atoms with van der Waals surface area (Å²) in [6.07, 6.45) is 5.08. The van der Waals surface area contributed by atoms with Gasteiger partial charge in [-0.1, -0.05) is 0 Å². The summed E-state index contributed by atoms with van der Waals surface area (Å²) in [5, 5.41) is 3.34. The summed E-state index contributed by atoms with van der Waals surface area (Å²) in [6, 6.07) is 1.91. The Morgan fingerprint density at radius 3 is 2.60 bits per heavy atom. The van der Waals surface area contributed by atoms with Crippen LogP contribution in [0.2, 0.25) is 0 Å². The fourth-order valence-electron chi connectivity index (χ4n) is 4.27. The predicted molar refractivity (Wildman–Crippen MR) is 77.6 cm³/mol. The molecule has 3 heterocycles. The number of piperazine rings is 1. The van der Waals surface area contributed by atoms with Crippen molar-refractivity contribution in [3.63, 3.8) is 0 Å². The molecule has 3 saturated heterocycles. The van der Waals surface area contributed by atoms with Gasteiger partial charge in [-0.2, -0.15) is 0 Å². The van der Waals surface area contributed by atoms with Crippen LogP contribution >= 0.6 is 0 Å². The highest BCUT2D eigenvalue weighted by Crippen LogP contribution is 2.37. The third-order valence-corrected chi connectivity index (χ3v) is 5.39. The van der Waals surface area contributed by atoms with Gasteiger partial charge < -0.3 is 15.0 Å². The van der Waals surface area contributed by atoms with Crippen molar-refractivity contribution >= 4 is 5.97 Å². The number of nitrogens with one attached hydrogen (secondary N) is 1. The van der Waals surface area contributed by atoms with E-state index in [4.69, 9.17) is 4.74 Å². The smallest absolute Gasteiger partial charge is 0.324 e. The minimum atomic E-state index is -0.0866. The number of carbonyl (C=O) groups excluding carboxylic acids is 1. The molecule has 5 heteroatoms. The topological polar surface area (TPSA) is 44.8 Å². The van der Waals surface area contributed by atoms with Crippen molar-refractivity contribution in [3.8, 4) is 0 Å². The molecule has 2 bridgehead atoms. The maximum absolute atomic E-state index is 12.2. The highest BCUT2D eigenvalue weighted by atomic mass is 16.5. The van der Waals surface area contributed by atoms with Gasteiger partial charge in [0.05, 0.1) is 6.61 Å². The zero-order chi connectivity index (χ0) is 14.1. The van der Waals surface area contributed by atoms with Crippen molar-refractivity contribution in [1.82, 2.24) is 15.1 Å². The monoisotopic (exact) mass is 281 g/mol. The number of piperidine rings is 1. The number of rotatable bonds is 3. The number of nitrogens with zero attached hydrogens (tertiary/aromatic N) is 2. The van der Waals surface area contributed by atoms with Crippen LogP contribution in [-0.4, -0.2) is 73.2 Å². The Bertz CT molecular complexity index is 349. The molecule has 114 valence electrons. The van der Waals surface area contributed by atoms with Gasteiger partial charge in [-0.25, -0.2) is 0 Å². The highest BCUT2D eigenvalue weighted by Gasteiger charge is 2.43. The van der Waals surface area contributed by atoms with E-state index in [1.54, 1.807) is 0 Å². The zero-order valence-electron chi connectivity index (χ0n) is 12.7. The van der Waals surface area contributed by atoms with Crippen molar-refractivity contribution in [1.29, 1.82) is 0 Å². The van der Waals surface area contributed by atoms with Crippen molar-refractivity contribution in [2.45, 2.75) is 56.8 Å². The van der Waals surface area contributed by atoms with Crippen LogP contribution in [0.15, 0.2) is 0 Å². The van der Waals surface area contributed by atoms with Gasteiger partial charge in [0.1, 0.15) is 6.04 Å². The van der Waals surface area contributed by atoms with Crippen molar-refractivity contribution < 1.29 is 9.53 Å². The van der Waals surface area contributed by atoms with Crippen LogP contribution in [0.4, 0.5) is 0 Å². The first kappa shape index (κ1) is 14.3. The third kappa shape index (κ3) is 2.59. The number of fused-ring (bicyclic) bond motifs is 2. The minimum Gasteiger partial charge on any atom is -0.465 e. The molecule has 0 saturated carbocycles. The van der Waals surface area contributed by atoms with Crippen LogP contribution in [0.5, 0.6) is 0 Å². The van der Waals surface area contributed by atoms with Crippen LogP contribution in [0.1, 0.15) is 32.6 Å². The molecule has 0 spiro atoms. The lowest BCUT2D eigenvalue weighted by Crippen LogP contribution is -2.61. The molecule has 1 N–H and O–H groups in total. The van der Waals surface area contributed by atoms with Gasteiger partial charge in [0.2, 0.25) is 0 Å². The summed E-state index contributed by atoms with van der Waals surface area (Å²) in [7, 11) is 2.26. The molecule has 3 atom stereocenters. The lowest BCUT2D eigenvalue weighted by Gasteiger charge is -2.45. The fraction of sp³-hybridized carbons (Fsp3) is 0.933. The summed E-state index contributed by atoms with van der Waals surface area (Å²) in [5.74, 6) is -0.0500. The molecule has 3 aliphatic rings. The second-order valence-electron chi connectivity index (χ2n) is 6.39. The van der Waals surface area contributed by atoms with Crippen molar-refractivity contribution in [3.05, 3.63) is 0 Å². The number of esters is 1. The van der Waals surface area contributed by atoms with E-state index < -0.39 is 0 Å². The molecule has 0 aliphatic carbocycles. The fourth-order valence-corrected chi connectivity index (χ4v) is 4.27. The Kier molecular flexibility index (Phi) is 4.29. The molecule has 0 amide bonds. The highest BCUT2D eigenvalue weighted by molar-refractivity contribution is 5.76. The van der Waals surface area contributed by atoms with Gasteiger partial charge >= 0.3 is 5.97 Å². The maximum atomic E-state index is 12.2. The van der Waals surface area contributed by atoms with Gasteiger partial charge in [-0.05, 0) is 39.7 Å². The Morgan fingerprint density at radius 1 is 1.25 bits per heavy atom. The van der Waals surface area contributed by atoms with Crippen molar-refractivity contribution in [2.24, 2.45) is 0 Å². The maximum Gasteiger partial charge on any atom is 0.324 e. The molecule has 3 aliphatic heterocycles. The molecule has 0 aromatic rings. The molecule has 0 aromatic heterocycles. The molecule has 3 unspecified atom stereocenters. The van der Waals surface area contributed by atoms with Gasteiger partial charge in [0, 0.05) is 37.8 Å². The van der Waals surface area contributed by atoms with Crippen LogP contribution in [0, 0.1) is 0 Å². The number of hydrogen-bond donors (Lipinski definition) is 1. The summed E-state index contributed by atoms with van der Waals surface area (Å²) in [4.78, 5) is 17.2. The SMILES string of the molecule is CCOC(=O)C1CNCCN1C1CC2CCC(C1)N2C. The first-order chi connectivity index (χ1) is 9.70. The van der Waals surface area contributed by atoms with Gasteiger partial charge in [-0.15, -0.1) is 0 Å². The molecule has 3 fully saturated rings. The summed E-state index contributed by atoms with van der Waals surface area (Å²) < 4.78 is 5.26. The first-order valence-corrected chi connectivity index (χ1v) is 8.05. The largest absolute Gasteiger partial charge is 0.465 e. The third-order valence-electron chi connectivity index (χ3n) is 5.39. The van der Waals surface area contributed by atoms with E-state index in [0.29, 0.717) is 12.6 Å². The minimum absolute atomic E-state index is 0.0500. The van der Waals surface area contributed by atoms with E-state index in [9.17, 15) is 4.79 Å². The molecule has 20 heavy (non-hydrogen) atoms. The van der Waals surface area contributed by atoms with E-state index in [2.05, 4.69) is 22.2 Å². The Balaban J connectivity index is 1.69. The number of hydrogen-bond acceptors (Lipinski definition) is 5. The van der Waals surface area contributed by atoms with Gasteiger partial charge in [-0.3, -0.25) is 9.69 Å². The Labute approximate surface area is 121 Å². The van der Waals surface area contributed by atoms with E-state index in [1.807, 2.05) is 6.92 Å². The normalized spacial score (nSPS) is 38.9. The Hall–Kier alpha value is -0.650. The van der Waals surface area contributed by atoms with Crippen molar-refractivity contribution in [2.75, 3.05) is 33.3 Å². The lowest BCUT2D eigenvalue weighted by molar-refractivity contribution is -0.152. The van der Waals surface area contributed by atoms with Crippen LogP contribution in [0.3, 0.4) is 0 Å². The van der Waals surface area contributed by atoms with E-state index in [-0.39, 0.29) is 12.0 Å². The molecule has 0 aromatic carbocycles. The second-order valence-corrected chi connectivity index (χ2v) is 6.39. The van der Waals surface area contributed by atoms with Gasteiger partial charge in [0.25, 0.3) is 0 Å². The average molecular weight is 281 g/mol. The lowest BCUT2D eigenvalue weighted by atomic mass is 9.94. The quantitative estimate of drug-likeness (QED) is 0.761. The van der Waals surface area contributed by atoms with Gasteiger partial charge in [0.15, 0.2) is 0 Å². The number of carbonyl (C=O) groups is 1. The number of ether oxygens (including phenoxy) is 1. The molecular formula is C15H27N3O2. The molecule has 5 nitrogen and oxygen atoms in total. The van der Waals surface area contributed by atoms with E-state index in [0.717, 1.165) is 31.7 Å². The van der Waals surface area contributed by atoms with Crippen LogP contribution < -0.4 is 5.32 Å². The standard InChI is InChI=1S/C15H27N3O2/c1-3-20-15(19)14-10-16-6-7-18(14)13-8-11-4-5-12(9-13)17(11)2/h11-14,16H,3-10H2,1-2H3. The first-order valence-electron chi connectivity index (χ1n) is 8.05. The molecular weight excluding hydrogens is 254 g/mol. The van der Waals surface area contributed by atoms with E-state index in [1.165, 1.54) is 25.7 Å². The average Bonchev–Trinajstić information content (AvgIpc) is 2.68. The summed E-state index contributed by atoms with van der Waals surface area (Å²) >= 11 is 0. The van der Waals surface area contributed by atoms with Crippen LogP contribution in [-0.2, 0) is 9.53 Å². The predicted octanol–water partition coefficient (Wildman–Crippen LogP) is 0.449. The van der Waals surface area contributed by atoms with Crippen LogP contribution in [0.25, 0.3) is 0 Å². The summed E-state index contributed by atoms with van der Waals surface area (Å²) in [5.41, 5.74) is 0. The molecule has 0 radical (unpaired) electrons. The summed E-state index contributed by atoms with van der Waals surface area (Å²) in [6.45, 7) is 5.05.